The number of amides is 5. The molecule has 0 bridgehead atoms. The smallest absolute Gasteiger partial charge is 0.326 e. The Bertz CT molecular complexity index is 951. The summed E-state index contributed by atoms with van der Waals surface area (Å²) in [5, 5.41) is 14.2. The molecule has 15 nitrogen and oxygen atoms in total. The molecular formula is C20H30N8O7. The predicted molar refractivity (Wildman–Crippen MR) is 119 cm³/mol. The van der Waals surface area contributed by atoms with E-state index in [1.165, 1.54) is 17.4 Å². The number of imidazole rings is 1. The molecule has 0 saturated carbocycles. The number of rotatable bonds is 13. The van der Waals surface area contributed by atoms with Gasteiger partial charge in [0.25, 0.3) is 0 Å². The van der Waals surface area contributed by atoms with Crippen LogP contribution in [0.5, 0.6) is 0 Å². The van der Waals surface area contributed by atoms with Crippen molar-refractivity contribution >= 4 is 35.5 Å². The number of carbonyl (C=O) groups is 6. The van der Waals surface area contributed by atoms with Gasteiger partial charge in [-0.05, 0) is 19.3 Å². The van der Waals surface area contributed by atoms with E-state index in [1.54, 1.807) is 0 Å². The van der Waals surface area contributed by atoms with Crippen molar-refractivity contribution in [3.63, 3.8) is 0 Å². The van der Waals surface area contributed by atoms with Crippen LogP contribution < -0.4 is 27.8 Å². The Morgan fingerprint density at radius 3 is 2.37 bits per heavy atom. The Balaban J connectivity index is 2.19. The molecule has 0 radical (unpaired) electrons. The van der Waals surface area contributed by atoms with Crippen LogP contribution in [-0.4, -0.2) is 86.2 Å². The molecule has 4 atom stereocenters. The molecule has 5 amide bonds. The number of nitrogens with one attached hydrogen (secondary N) is 3. The fraction of sp³-hybridized carbons (Fsp3) is 0.550. The zero-order valence-electron chi connectivity index (χ0n) is 18.9. The highest BCUT2D eigenvalue weighted by atomic mass is 16.4. The number of hydrogen-bond donors (Lipinski definition) is 7. The lowest BCUT2D eigenvalue weighted by atomic mass is 10.1. The Kier molecular flexibility index (Phi) is 9.69. The molecule has 1 saturated heterocycles. The van der Waals surface area contributed by atoms with E-state index < -0.39 is 66.1 Å². The summed E-state index contributed by atoms with van der Waals surface area (Å²) in [6.07, 6.45) is 2.67. The molecule has 0 aromatic carbocycles. The number of nitrogens with two attached hydrogens (primary N) is 3. The van der Waals surface area contributed by atoms with E-state index in [0.29, 0.717) is 12.1 Å². The molecule has 15 heteroatoms. The number of H-pyrrole nitrogens is 1. The molecule has 1 aliphatic heterocycles. The first-order chi connectivity index (χ1) is 16.5. The van der Waals surface area contributed by atoms with Crippen molar-refractivity contribution in [2.45, 2.75) is 62.7 Å². The standard InChI is InChI=1S/C20H30N8O7/c21-11(3-4-15(22)29)17(31)26-12(7-16(23)30)18(32)27-13(6-10-8-24-9-25-10)19(33)28-5-1-2-14(28)20(34)35/h8-9,11-14H,1-7,21H2,(H2,22,29)(H2,23,30)(H,24,25)(H,26,31)(H,27,32)(H,34,35). The summed E-state index contributed by atoms with van der Waals surface area (Å²) in [4.78, 5) is 80.5. The maximum Gasteiger partial charge on any atom is 0.326 e. The molecule has 192 valence electrons. The summed E-state index contributed by atoms with van der Waals surface area (Å²) in [7, 11) is 0. The second-order valence-electron chi connectivity index (χ2n) is 8.21. The average molecular weight is 495 g/mol. The third kappa shape index (κ3) is 8.06. The van der Waals surface area contributed by atoms with Crippen molar-refractivity contribution in [3.05, 3.63) is 18.2 Å². The van der Waals surface area contributed by atoms with E-state index in [0.717, 1.165) is 0 Å². The minimum atomic E-state index is -1.47. The number of likely N-dealkylation sites (tertiary alicyclic amines) is 1. The minimum Gasteiger partial charge on any atom is -0.480 e. The normalized spacial score (nSPS) is 17.7. The van der Waals surface area contributed by atoms with Gasteiger partial charge in [-0.2, -0.15) is 0 Å². The third-order valence-corrected chi connectivity index (χ3v) is 5.49. The lowest BCUT2D eigenvalue weighted by molar-refractivity contribution is -0.149. The molecule has 2 rings (SSSR count). The number of carboxylic acids is 1. The molecule has 1 fully saturated rings. The molecule has 0 spiro atoms. The Morgan fingerprint density at radius 2 is 1.80 bits per heavy atom. The van der Waals surface area contributed by atoms with Crippen LogP contribution in [0.1, 0.15) is 37.8 Å². The van der Waals surface area contributed by atoms with Gasteiger partial charge in [0.2, 0.25) is 29.5 Å². The molecule has 35 heavy (non-hydrogen) atoms. The average Bonchev–Trinajstić information content (AvgIpc) is 3.47. The van der Waals surface area contributed by atoms with Gasteiger partial charge in [0.15, 0.2) is 0 Å². The third-order valence-electron chi connectivity index (χ3n) is 5.49. The quantitative estimate of drug-likeness (QED) is 0.143. The molecule has 2 heterocycles. The number of aliphatic carboxylic acids is 1. The van der Waals surface area contributed by atoms with Crippen molar-refractivity contribution in [1.82, 2.24) is 25.5 Å². The maximum absolute atomic E-state index is 13.2. The Morgan fingerprint density at radius 1 is 1.11 bits per heavy atom. The second kappa shape index (κ2) is 12.5. The molecule has 1 aliphatic rings. The van der Waals surface area contributed by atoms with Gasteiger partial charge in [-0.15, -0.1) is 0 Å². The highest BCUT2D eigenvalue weighted by molar-refractivity contribution is 5.96. The number of nitrogens with zero attached hydrogens (tertiary/aromatic N) is 2. The van der Waals surface area contributed by atoms with Crippen molar-refractivity contribution in [1.29, 1.82) is 0 Å². The van der Waals surface area contributed by atoms with Crippen LogP contribution >= 0.6 is 0 Å². The van der Waals surface area contributed by atoms with Crippen LogP contribution in [0.25, 0.3) is 0 Å². The van der Waals surface area contributed by atoms with E-state index >= 15 is 0 Å². The summed E-state index contributed by atoms with van der Waals surface area (Å²) in [6.45, 7) is 0.196. The number of carbonyl (C=O) groups excluding carboxylic acids is 5. The molecule has 1 aromatic rings. The zero-order chi connectivity index (χ0) is 26.1. The first-order valence-corrected chi connectivity index (χ1v) is 10.9. The molecule has 1 aromatic heterocycles. The Labute approximate surface area is 200 Å². The second-order valence-corrected chi connectivity index (χ2v) is 8.21. The van der Waals surface area contributed by atoms with Gasteiger partial charge in [0.05, 0.1) is 18.8 Å². The van der Waals surface area contributed by atoms with Gasteiger partial charge in [-0.3, -0.25) is 24.0 Å². The van der Waals surface area contributed by atoms with Gasteiger partial charge < -0.3 is 42.8 Å². The summed E-state index contributed by atoms with van der Waals surface area (Å²) in [5.74, 6) is -5.09. The summed E-state index contributed by atoms with van der Waals surface area (Å²) >= 11 is 0. The summed E-state index contributed by atoms with van der Waals surface area (Å²) < 4.78 is 0. The van der Waals surface area contributed by atoms with Gasteiger partial charge >= 0.3 is 5.97 Å². The van der Waals surface area contributed by atoms with E-state index in [-0.39, 0.29) is 32.2 Å². The molecular weight excluding hydrogens is 464 g/mol. The number of aromatic nitrogens is 2. The lowest BCUT2D eigenvalue weighted by Crippen LogP contribution is -2.58. The molecule has 0 aliphatic carbocycles. The van der Waals surface area contributed by atoms with E-state index in [9.17, 15) is 33.9 Å². The molecule has 10 N–H and O–H groups in total. The topological polar surface area (TPSA) is 257 Å². The lowest BCUT2D eigenvalue weighted by Gasteiger charge is -2.28. The van der Waals surface area contributed by atoms with Gasteiger partial charge in [0.1, 0.15) is 18.1 Å². The van der Waals surface area contributed by atoms with Crippen LogP contribution in [0.3, 0.4) is 0 Å². The van der Waals surface area contributed by atoms with Crippen LogP contribution in [0.2, 0.25) is 0 Å². The van der Waals surface area contributed by atoms with Crippen LogP contribution in [0.15, 0.2) is 12.5 Å². The van der Waals surface area contributed by atoms with Gasteiger partial charge in [0, 0.05) is 31.3 Å². The number of hydrogen-bond acceptors (Lipinski definition) is 8. The Hall–Kier alpha value is -4.01. The fourth-order valence-electron chi connectivity index (χ4n) is 3.69. The van der Waals surface area contributed by atoms with E-state index in [2.05, 4.69) is 20.6 Å². The maximum atomic E-state index is 13.2. The minimum absolute atomic E-state index is 0.0528. The number of aromatic amines is 1. The van der Waals surface area contributed by atoms with E-state index in [4.69, 9.17) is 17.2 Å². The van der Waals surface area contributed by atoms with Gasteiger partial charge in [-0.25, -0.2) is 9.78 Å². The number of primary amides is 2. The zero-order valence-corrected chi connectivity index (χ0v) is 18.9. The largest absolute Gasteiger partial charge is 0.480 e. The summed E-state index contributed by atoms with van der Waals surface area (Å²) in [6, 6.07) is -4.91. The first-order valence-electron chi connectivity index (χ1n) is 10.9. The van der Waals surface area contributed by atoms with Crippen molar-refractivity contribution in [3.8, 4) is 0 Å². The highest BCUT2D eigenvalue weighted by Gasteiger charge is 2.38. The number of carboxylic acid groups (broad SMARTS) is 1. The van der Waals surface area contributed by atoms with Crippen molar-refractivity contribution in [2.24, 2.45) is 17.2 Å². The highest BCUT2D eigenvalue weighted by Crippen LogP contribution is 2.19. The first kappa shape index (κ1) is 27.2. The van der Waals surface area contributed by atoms with Crippen LogP contribution in [0, 0.1) is 0 Å². The molecule has 4 unspecified atom stereocenters. The summed E-state index contributed by atoms with van der Waals surface area (Å²) in [5.41, 5.74) is 16.5. The van der Waals surface area contributed by atoms with Crippen LogP contribution in [0.4, 0.5) is 0 Å². The monoisotopic (exact) mass is 494 g/mol. The predicted octanol–water partition coefficient (Wildman–Crippen LogP) is -3.53. The SMILES string of the molecule is NC(=O)CCC(N)C(=O)NC(CC(N)=O)C(=O)NC(Cc1cnc[nH]1)C(=O)N1CCCC1C(=O)O. The fourth-order valence-corrected chi connectivity index (χ4v) is 3.69. The van der Waals surface area contributed by atoms with Gasteiger partial charge in [-0.1, -0.05) is 0 Å². The van der Waals surface area contributed by atoms with Crippen molar-refractivity contribution < 1.29 is 33.9 Å². The van der Waals surface area contributed by atoms with Crippen molar-refractivity contribution in [2.75, 3.05) is 6.54 Å². The van der Waals surface area contributed by atoms with E-state index in [1.807, 2.05) is 0 Å². The van der Waals surface area contributed by atoms with Crippen LogP contribution in [-0.2, 0) is 35.2 Å².